The normalized spacial score (nSPS) is 10.4. The van der Waals surface area contributed by atoms with Gasteiger partial charge < -0.3 is 10.5 Å². The molecule has 0 saturated heterocycles. The number of rotatable bonds is 6. The smallest absolute Gasteiger partial charge is 0.168 e. The van der Waals surface area contributed by atoms with E-state index < -0.39 is 5.82 Å². The van der Waals surface area contributed by atoms with E-state index in [-0.39, 0.29) is 18.0 Å². The largest absolute Gasteiger partial charge is 0.494 e. The van der Waals surface area contributed by atoms with Crippen molar-refractivity contribution < 1.29 is 13.9 Å². The van der Waals surface area contributed by atoms with E-state index in [4.69, 9.17) is 10.5 Å². The number of methoxy groups -OCH3 is 1. The van der Waals surface area contributed by atoms with Gasteiger partial charge in [-0.2, -0.15) is 0 Å². The third kappa shape index (κ3) is 3.47. The zero-order valence-corrected chi connectivity index (χ0v) is 11.9. The Kier molecular flexibility index (Phi) is 5.06. The highest BCUT2D eigenvalue weighted by Gasteiger charge is 2.15. The Hall–Kier alpha value is -2.20. The highest BCUT2D eigenvalue weighted by atomic mass is 19.1. The molecule has 0 spiro atoms. The molecule has 0 aliphatic heterocycles. The first-order valence-corrected chi connectivity index (χ1v) is 6.80. The van der Waals surface area contributed by atoms with Crippen LogP contribution < -0.4 is 10.5 Å². The van der Waals surface area contributed by atoms with Gasteiger partial charge in [0.25, 0.3) is 0 Å². The minimum atomic E-state index is -0.482. The molecule has 0 atom stereocenters. The van der Waals surface area contributed by atoms with E-state index in [2.05, 4.69) is 0 Å². The van der Waals surface area contributed by atoms with Crippen LogP contribution in [0.15, 0.2) is 42.5 Å². The topological polar surface area (TPSA) is 52.3 Å². The molecule has 0 radical (unpaired) electrons. The second-order valence-corrected chi connectivity index (χ2v) is 4.73. The van der Waals surface area contributed by atoms with Crippen LogP contribution >= 0.6 is 0 Å². The van der Waals surface area contributed by atoms with Crippen molar-refractivity contribution in [1.29, 1.82) is 0 Å². The fourth-order valence-corrected chi connectivity index (χ4v) is 2.28. The molecule has 4 heteroatoms. The molecule has 0 aliphatic rings. The van der Waals surface area contributed by atoms with Gasteiger partial charge in [0, 0.05) is 12.0 Å². The summed E-state index contributed by atoms with van der Waals surface area (Å²) in [4.78, 5) is 12.4. The standard InChI is InChI=1S/C17H18FNO2/c1-21-16-8-4-6-13(17(16)18)11-15(20)14-7-3-2-5-12(14)9-10-19/h2-8H,9-11,19H2,1H3. The first kappa shape index (κ1) is 15.2. The van der Waals surface area contributed by atoms with Gasteiger partial charge in [-0.05, 0) is 30.2 Å². The molecule has 0 aliphatic carbocycles. The van der Waals surface area contributed by atoms with E-state index in [9.17, 15) is 9.18 Å². The summed E-state index contributed by atoms with van der Waals surface area (Å²) >= 11 is 0. The van der Waals surface area contributed by atoms with Gasteiger partial charge in [-0.25, -0.2) is 4.39 Å². The lowest BCUT2D eigenvalue weighted by Crippen LogP contribution is -2.11. The molecule has 0 heterocycles. The Morgan fingerprint density at radius 1 is 1.14 bits per heavy atom. The van der Waals surface area contributed by atoms with Crippen molar-refractivity contribution in [3.05, 3.63) is 65.0 Å². The third-order valence-corrected chi connectivity index (χ3v) is 3.35. The average Bonchev–Trinajstić information content (AvgIpc) is 2.50. The lowest BCUT2D eigenvalue weighted by atomic mass is 9.96. The molecular weight excluding hydrogens is 269 g/mol. The molecule has 0 aromatic heterocycles. The summed E-state index contributed by atoms with van der Waals surface area (Å²) < 4.78 is 19.0. The number of ether oxygens (including phenoxy) is 1. The second-order valence-electron chi connectivity index (χ2n) is 4.73. The van der Waals surface area contributed by atoms with Crippen LogP contribution in [0.25, 0.3) is 0 Å². The van der Waals surface area contributed by atoms with Crippen molar-refractivity contribution in [1.82, 2.24) is 0 Å². The zero-order chi connectivity index (χ0) is 15.2. The van der Waals surface area contributed by atoms with E-state index in [0.717, 1.165) is 5.56 Å². The second kappa shape index (κ2) is 6.99. The van der Waals surface area contributed by atoms with Crippen molar-refractivity contribution in [3.63, 3.8) is 0 Å². The molecular formula is C17H18FNO2. The molecule has 2 rings (SSSR count). The third-order valence-electron chi connectivity index (χ3n) is 3.35. The van der Waals surface area contributed by atoms with Crippen molar-refractivity contribution >= 4 is 5.78 Å². The molecule has 0 amide bonds. The van der Waals surface area contributed by atoms with Crippen LogP contribution in [0.5, 0.6) is 5.75 Å². The van der Waals surface area contributed by atoms with Crippen LogP contribution in [0.4, 0.5) is 4.39 Å². The maximum absolute atomic E-state index is 14.1. The van der Waals surface area contributed by atoms with Gasteiger partial charge in [0.2, 0.25) is 0 Å². The Morgan fingerprint density at radius 2 is 1.86 bits per heavy atom. The van der Waals surface area contributed by atoms with E-state index >= 15 is 0 Å². The maximum Gasteiger partial charge on any atom is 0.168 e. The van der Waals surface area contributed by atoms with Gasteiger partial charge in [0.05, 0.1) is 7.11 Å². The van der Waals surface area contributed by atoms with Gasteiger partial charge >= 0.3 is 0 Å². The summed E-state index contributed by atoms with van der Waals surface area (Å²) in [5, 5.41) is 0. The summed E-state index contributed by atoms with van der Waals surface area (Å²) in [7, 11) is 1.40. The number of carbonyl (C=O) groups is 1. The van der Waals surface area contributed by atoms with Gasteiger partial charge in [-0.15, -0.1) is 0 Å². The predicted octanol–water partition coefficient (Wildman–Crippen LogP) is 2.76. The first-order valence-electron chi connectivity index (χ1n) is 6.80. The highest BCUT2D eigenvalue weighted by molar-refractivity contribution is 5.98. The van der Waals surface area contributed by atoms with E-state index in [1.165, 1.54) is 13.2 Å². The molecule has 0 saturated carbocycles. The number of ketones is 1. The Labute approximate surface area is 123 Å². The maximum atomic E-state index is 14.1. The van der Waals surface area contributed by atoms with Gasteiger partial charge in [0.15, 0.2) is 17.3 Å². The van der Waals surface area contributed by atoms with Gasteiger partial charge in [0.1, 0.15) is 0 Å². The summed E-state index contributed by atoms with van der Waals surface area (Å²) in [6.07, 6.45) is 0.632. The fraction of sp³-hybridized carbons (Fsp3) is 0.235. The predicted molar refractivity (Wildman–Crippen MR) is 80.2 cm³/mol. The van der Waals surface area contributed by atoms with Crippen molar-refractivity contribution in [2.24, 2.45) is 5.73 Å². The number of nitrogens with two attached hydrogens (primary N) is 1. The Balaban J connectivity index is 2.26. The van der Waals surface area contributed by atoms with Crippen molar-refractivity contribution in [3.8, 4) is 5.75 Å². The number of carbonyl (C=O) groups excluding carboxylic acids is 1. The van der Waals surface area contributed by atoms with E-state index in [1.807, 2.05) is 12.1 Å². The van der Waals surface area contributed by atoms with Gasteiger partial charge in [-0.3, -0.25) is 4.79 Å². The fourth-order valence-electron chi connectivity index (χ4n) is 2.28. The molecule has 0 fully saturated rings. The number of hydrogen-bond donors (Lipinski definition) is 1. The number of hydrogen-bond acceptors (Lipinski definition) is 3. The van der Waals surface area contributed by atoms with Crippen LogP contribution in [-0.2, 0) is 12.8 Å². The molecule has 3 nitrogen and oxygen atoms in total. The molecule has 110 valence electrons. The molecule has 21 heavy (non-hydrogen) atoms. The molecule has 0 bridgehead atoms. The number of halogens is 1. The lowest BCUT2D eigenvalue weighted by molar-refractivity contribution is 0.0991. The molecule has 2 N–H and O–H groups in total. The van der Waals surface area contributed by atoms with Crippen LogP contribution in [0.3, 0.4) is 0 Å². The molecule has 2 aromatic rings. The van der Waals surface area contributed by atoms with Crippen molar-refractivity contribution in [2.75, 3.05) is 13.7 Å². The van der Waals surface area contributed by atoms with Gasteiger partial charge in [-0.1, -0.05) is 36.4 Å². The minimum absolute atomic E-state index is 0.00458. The molecule has 2 aromatic carbocycles. The quantitative estimate of drug-likeness (QED) is 0.831. The van der Waals surface area contributed by atoms with Crippen molar-refractivity contribution in [2.45, 2.75) is 12.8 Å². The van der Waals surface area contributed by atoms with Crippen LogP contribution in [0, 0.1) is 5.82 Å². The van der Waals surface area contributed by atoms with E-state index in [1.54, 1.807) is 24.3 Å². The summed E-state index contributed by atoms with van der Waals surface area (Å²) in [6, 6.07) is 12.1. The monoisotopic (exact) mass is 287 g/mol. The summed E-state index contributed by atoms with van der Waals surface area (Å²) in [6.45, 7) is 0.470. The van der Waals surface area contributed by atoms with Crippen LogP contribution in [0.1, 0.15) is 21.5 Å². The van der Waals surface area contributed by atoms with Crippen LogP contribution in [-0.4, -0.2) is 19.4 Å². The lowest BCUT2D eigenvalue weighted by Gasteiger charge is -2.09. The minimum Gasteiger partial charge on any atom is -0.494 e. The average molecular weight is 287 g/mol. The highest BCUT2D eigenvalue weighted by Crippen LogP contribution is 2.22. The Bertz CT molecular complexity index is 640. The summed E-state index contributed by atoms with van der Waals surface area (Å²) in [5.41, 5.74) is 7.39. The first-order chi connectivity index (χ1) is 10.2. The number of benzene rings is 2. The zero-order valence-electron chi connectivity index (χ0n) is 11.9. The Morgan fingerprint density at radius 3 is 2.57 bits per heavy atom. The SMILES string of the molecule is COc1cccc(CC(=O)c2ccccc2CCN)c1F. The van der Waals surface area contributed by atoms with E-state index in [0.29, 0.717) is 24.1 Å². The summed E-state index contributed by atoms with van der Waals surface area (Å²) in [5.74, 6) is -0.452. The molecule has 0 unspecified atom stereocenters. The van der Waals surface area contributed by atoms with Crippen LogP contribution in [0.2, 0.25) is 0 Å². The number of Topliss-reactive ketones (excluding diaryl/α,β-unsaturated/α-hetero) is 1.